The molecule has 2 atom stereocenters. The number of benzene rings is 5. The lowest BCUT2D eigenvalue weighted by Crippen LogP contribution is -2.75. The van der Waals surface area contributed by atoms with E-state index in [4.69, 9.17) is 14.2 Å². The van der Waals surface area contributed by atoms with Gasteiger partial charge in [0.15, 0.2) is 12.6 Å². The molecule has 1 aliphatic heterocycles. The van der Waals surface area contributed by atoms with Crippen molar-refractivity contribution in [3.05, 3.63) is 157 Å². The van der Waals surface area contributed by atoms with Gasteiger partial charge in [0.05, 0.1) is 0 Å². The molecule has 6 rings (SSSR count). The van der Waals surface area contributed by atoms with E-state index < -0.39 is 56.1 Å². The van der Waals surface area contributed by atoms with E-state index in [1.165, 1.54) is 0 Å². The smallest absolute Gasteiger partial charge is 0.356 e. The zero-order valence-electron chi connectivity index (χ0n) is 27.4. The number of amides is 2. The molecule has 1 aliphatic rings. The molecular weight excluding hydrogens is 667 g/mol. The fraction of sp³-hybridized carbons (Fsp3) is 0.125. The molecule has 0 aromatic heterocycles. The molecule has 0 aliphatic carbocycles. The maximum atomic E-state index is 14.8. The first-order valence-electron chi connectivity index (χ1n) is 16.2. The number of hydrogen-bond donors (Lipinski definition) is 2. The van der Waals surface area contributed by atoms with Crippen LogP contribution in [0.4, 0.5) is 0 Å². The summed E-state index contributed by atoms with van der Waals surface area (Å²) >= 11 is 0. The molecule has 1 saturated heterocycles. The van der Waals surface area contributed by atoms with Gasteiger partial charge in [-0.05, 0) is 33.6 Å². The van der Waals surface area contributed by atoms with Gasteiger partial charge in [-0.25, -0.2) is 9.59 Å². The van der Waals surface area contributed by atoms with Crippen LogP contribution in [0.1, 0.15) is 5.56 Å². The van der Waals surface area contributed by atoms with Crippen molar-refractivity contribution in [1.29, 1.82) is 0 Å². The number of aliphatic hydroxyl groups excluding tert-OH is 1. The van der Waals surface area contributed by atoms with Gasteiger partial charge in [0.25, 0.3) is 11.8 Å². The van der Waals surface area contributed by atoms with Crippen LogP contribution in [-0.2, 0) is 35.3 Å². The predicted molar refractivity (Wildman–Crippen MR) is 194 cm³/mol. The summed E-state index contributed by atoms with van der Waals surface area (Å²) in [5.74, 6) is -2.81. The van der Waals surface area contributed by atoms with E-state index >= 15 is 0 Å². The molecule has 0 unspecified atom stereocenters. The topological polar surface area (TPSA) is 131 Å². The van der Waals surface area contributed by atoms with Crippen LogP contribution < -0.4 is 26.0 Å². The van der Waals surface area contributed by atoms with E-state index in [0.29, 0.717) is 5.75 Å². The third-order valence-corrected chi connectivity index (χ3v) is 12.5. The zero-order chi connectivity index (χ0) is 35.6. The first-order valence-corrected chi connectivity index (χ1v) is 18.0. The minimum Gasteiger partial charge on any atom is -0.484 e. The minimum atomic E-state index is -3.35. The highest BCUT2D eigenvalue weighted by atomic mass is 31.2. The Kier molecular flexibility index (Phi) is 11.1. The van der Waals surface area contributed by atoms with Crippen molar-refractivity contribution in [2.45, 2.75) is 18.9 Å². The second-order valence-electron chi connectivity index (χ2n) is 11.5. The fourth-order valence-corrected chi connectivity index (χ4v) is 10.3. The summed E-state index contributed by atoms with van der Waals surface area (Å²) in [7, 11) is 0. The number of likely N-dealkylation sites (tertiary alicyclic amines) is 1. The molecular formula is C40H35N2O8P. The van der Waals surface area contributed by atoms with Crippen LogP contribution in [0.25, 0.3) is 0 Å². The van der Waals surface area contributed by atoms with Crippen molar-refractivity contribution in [3.8, 4) is 5.75 Å². The van der Waals surface area contributed by atoms with Gasteiger partial charge in [-0.15, -0.1) is 0 Å². The lowest BCUT2D eigenvalue weighted by Gasteiger charge is -2.48. The molecule has 1 heterocycles. The van der Waals surface area contributed by atoms with Gasteiger partial charge in [-0.1, -0.05) is 140 Å². The number of carbonyl (C=O) groups excluding carboxylic acids is 4. The standard InChI is InChI=1S/C40H35N2O8P/c43-26-35(45)50-38-36(41-34(44)28-48-30-18-8-2-9-19-30)37(46)42(38)39(40(47)49-27-29-16-6-1-7-17-29)51(31-20-10-3-11-21-31,32-22-12-4-13-23-32)33-24-14-5-15-25-33/h1-25,36,38,43H,26-28H2,(H,41,44)/t36-,38-/m0/s1. The van der Waals surface area contributed by atoms with Crippen molar-refractivity contribution in [2.75, 3.05) is 13.2 Å². The summed E-state index contributed by atoms with van der Waals surface area (Å²) in [6.45, 7) is -4.89. The maximum Gasteiger partial charge on any atom is 0.356 e. The van der Waals surface area contributed by atoms with Crippen LogP contribution in [0.2, 0.25) is 0 Å². The van der Waals surface area contributed by atoms with Gasteiger partial charge >= 0.3 is 11.9 Å². The highest BCUT2D eigenvalue weighted by molar-refractivity contribution is 7.96. The summed E-state index contributed by atoms with van der Waals surface area (Å²) < 4.78 is 17.2. The van der Waals surface area contributed by atoms with E-state index in [1.807, 2.05) is 121 Å². The quantitative estimate of drug-likeness (QED) is 0.109. The van der Waals surface area contributed by atoms with Gasteiger partial charge in [-0.2, -0.15) is 0 Å². The SMILES string of the molecule is O=C(COc1ccccc1)N[C@H]1C(=O)N(C(C(=O)OCc2ccccc2)=P(c2ccccc2)(c2ccccc2)c2ccccc2)[C@H]1OC(=O)CO. The third kappa shape index (κ3) is 7.48. The van der Waals surface area contributed by atoms with Crippen LogP contribution in [0.15, 0.2) is 152 Å². The molecule has 51 heavy (non-hydrogen) atoms. The number of β-lactam (4-membered cyclic amide) rings is 1. The van der Waals surface area contributed by atoms with Crippen LogP contribution in [0.3, 0.4) is 0 Å². The summed E-state index contributed by atoms with van der Waals surface area (Å²) in [6.07, 6.45) is -1.51. The third-order valence-electron chi connectivity index (χ3n) is 8.23. The van der Waals surface area contributed by atoms with Gasteiger partial charge < -0.3 is 24.6 Å². The Bertz CT molecular complexity index is 1920. The van der Waals surface area contributed by atoms with E-state index in [2.05, 4.69) is 5.32 Å². The predicted octanol–water partition coefficient (Wildman–Crippen LogP) is 3.12. The van der Waals surface area contributed by atoms with Gasteiger partial charge in [0.2, 0.25) is 6.23 Å². The van der Waals surface area contributed by atoms with Crippen LogP contribution >= 0.6 is 6.89 Å². The Hall–Kier alpha value is -5.96. The number of rotatable bonds is 13. The number of hydrogen-bond acceptors (Lipinski definition) is 8. The Morgan fingerprint density at radius 1 is 0.686 bits per heavy atom. The van der Waals surface area contributed by atoms with Crippen molar-refractivity contribution in [2.24, 2.45) is 0 Å². The summed E-state index contributed by atoms with van der Waals surface area (Å²) in [5, 5.41) is 14.5. The molecule has 0 spiro atoms. The molecule has 10 nitrogen and oxygen atoms in total. The minimum absolute atomic E-state index is 0.0613. The number of para-hydroxylation sites is 1. The van der Waals surface area contributed by atoms with E-state index in [-0.39, 0.29) is 12.0 Å². The lowest BCUT2D eigenvalue weighted by molar-refractivity contribution is -0.184. The summed E-state index contributed by atoms with van der Waals surface area (Å²) in [4.78, 5) is 56.2. The van der Waals surface area contributed by atoms with Crippen LogP contribution in [0, 0.1) is 0 Å². The Morgan fingerprint density at radius 2 is 1.16 bits per heavy atom. The Balaban J connectivity index is 1.54. The van der Waals surface area contributed by atoms with Crippen LogP contribution in [0.5, 0.6) is 5.75 Å². The second kappa shape index (κ2) is 16.2. The van der Waals surface area contributed by atoms with Gasteiger partial charge in [0, 0.05) is 6.89 Å². The molecule has 0 saturated carbocycles. The highest BCUT2D eigenvalue weighted by Gasteiger charge is 2.56. The number of carbonyl (C=O) groups is 4. The number of nitrogens with one attached hydrogen (secondary N) is 1. The molecule has 5 aromatic carbocycles. The number of ether oxygens (including phenoxy) is 3. The molecule has 2 amide bonds. The molecule has 5 aromatic rings. The average molecular weight is 703 g/mol. The zero-order valence-corrected chi connectivity index (χ0v) is 28.3. The molecule has 258 valence electrons. The van der Waals surface area contributed by atoms with Crippen molar-refractivity contribution >= 4 is 52.0 Å². The molecule has 1 fully saturated rings. The van der Waals surface area contributed by atoms with E-state index in [1.54, 1.807) is 30.3 Å². The maximum absolute atomic E-state index is 14.8. The second-order valence-corrected chi connectivity index (χ2v) is 14.8. The molecule has 11 heteroatoms. The van der Waals surface area contributed by atoms with E-state index in [9.17, 15) is 24.3 Å². The first-order chi connectivity index (χ1) is 24.9. The Labute approximate surface area is 295 Å². The average Bonchev–Trinajstić information content (AvgIpc) is 3.19. The number of esters is 2. The molecule has 0 bridgehead atoms. The van der Waals surface area contributed by atoms with Crippen LogP contribution in [-0.4, -0.2) is 64.7 Å². The monoisotopic (exact) mass is 702 g/mol. The highest BCUT2D eigenvalue weighted by Crippen LogP contribution is 2.49. The van der Waals surface area contributed by atoms with Crippen molar-refractivity contribution < 1.29 is 38.5 Å². The van der Waals surface area contributed by atoms with Crippen molar-refractivity contribution in [3.63, 3.8) is 0 Å². The first kappa shape index (κ1) is 34.9. The normalized spacial score (nSPS) is 15.2. The lowest BCUT2D eigenvalue weighted by atomic mass is 10.0. The fourth-order valence-electron chi connectivity index (χ4n) is 5.95. The number of nitrogens with zero attached hydrogens (tertiary/aromatic N) is 1. The van der Waals surface area contributed by atoms with Crippen molar-refractivity contribution in [1.82, 2.24) is 10.2 Å². The molecule has 0 radical (unpaired) electrons. The van der Waals surface area contributed by atoms with E-state index in [0.717, 1.165) is 26.4 Å². The largest absolute Gasteiger partial charge is 0.484 e. The Morgan fingerprint density at radius 3 is 1.65 bits per heavy atom. The summed E-state index contributed by atoms with van der Waals surface area (Å²) in [5.41, 5.74) is 0.656. The van der Waals surface area contributed by atoms with Gasteiger partial charge in [0.1, 0.15) is 24.4 Å². The number of aliphatic hydroxyl groups is 1. The summed E-state index contributed by atoms with van der Waals surface area (Å²) in [6, 6.07) is 44.3. The van der Waals surface area contributed by atoms with Gasteiger partial charge in [-0.3, -0.25) is 14.5 Å². The molecule has 2 N–H and O–H groups in total.